The second-order valence-electron chi connectivity index (χ2n) is 10.2. The number of piperidine rings is 2. The van der Waals surface area contributed by atoms with Crippen molar-refractivity contribution < 1.29 is 9.59 Å². The fraction of sp³-hybridized carbons (Fsp3) is 0.654. The molecule has 0 radical (unpaired) electrons. The van der Waals surface area contributed by atoms with E-state index in [1.165, 1.54) is 19.3 Å². The van der Waals surface area contributed by atoms with Gasteiger partial charge in [-0.25, -0.2) is 4.79 Å². The maximum Gasteiger partial charge on any atom is 0.329 e. The number of hydrogen-bond donors (Lipinski definition) is 1. The van der Waals surface area contributed by atoms with Crippen molar-refractivity contribution in [2.24, 2.45) is 13.0 Å². The van der Waals surface area contributed by atoms with Gasteiger partial charge in [0.2, 0.25) is 11.8 Å². The Labute approximate surface area is 201 Å². The van der Waals surface area contributed by atoms with E-state index in [-0.39, 0.29) is 18.0 Å². The predicted molar refractivity (Wildman–Crippen MR) is 135 cm³/mol. The van der Waals surface area contributed by atoms with Crippen LogP contribution in [-0.2, 0) is 16.6 Å². The number of para-hydroxylation sites is 1. The van der Waals surface area contributed by atoms with Gasteiger partial charge >= 0.3 is 5.69 Å². The Balaban J connectivity index is 1.52. The van der Waals surface area contributed by atoms with Crippen LogP contribution in [0.15, 0.2) is 23.0 Å². The van der Waals surface area contributed by atoms with Gasteiger partial charge in [-0.3, -0.25) is 24.0 Å². The Kier molecular flexibility index (Phi) is 7.45. The average Bonchev–Trinajstić information content (AvgIpc) is 3.08. The van der Waals surface area contributed by atoms with Crippen molar-refractivity contribution in [3.05, 3.63) is 28.7 Å². The van der Waals surface area contributed by atoms with Crippen molar-refractivity contribution in [2.45, 2.75) is 70.9 Å². The summed E-state index contributed by atoms with van der Waals surface area (Å²) in [5, 5.41) is 2.38. The molecule has 186 valence electrons. The van der Waals surface area contributed by atoms with Gasteiger partial charge in [-0.05, 0) is 50.8 Å². The summed E-state index contributed by atoms with van der Waals surface area (Å²) >= 11 is 0. The van der Waals surface area contributed by atoms with Gasteiger partial charge in [0, 0.05) is 39.1 Å². The van der Waals surface area contributed by atoms with E-state index < -0.39 is 11.9 Å². The quantitative estimate of drug-likeness (QED) is 0.601. The minimum absolute atomic E-state index is 0.215. The molecule has 2 atom stereocenters. The average molecular weight is 470 g/mol. The van der Waals surface area contributed by atoms with Crippen LogP contribution in [-0.4, -0.2) is 58.6 Å². The molecule has 2 aliphatic heterocycles. The smallest absolute Gasteiger partial charge is 0.329 e. The first kappa shape index (κ1) is 24.5. The minimum Gasteiger partial charge on any atom is -0.370 e. The highest BCUT2D eigenvalue weighted by atomic mass is 16.2. The summed E-state index contributed by atoms with van der Waals surface area (Å²) in [5.74, 6) is 0.0504. The summed E-state index contributed by atoms with van der Waals surface area (Å²) in [5.41, 5.74) is 2.44. The van der Waals surface area contributed by atoms with E-state index in [0.717, 1.165) is 55.1 Å². The van der Waals surface area contributed by atoms with E-state index in [0.29, 0.717) is 12.5 Å². The van der Waals surface area contributed by atoms with Crippen LogP contribution >= 0.6 is 0 Å². The lowest BCUT2D eigenvalue weighted by Gasteiger charge is -2.39. The SMILES string of the molecule is CCCCC(C)CN(C)C1CCN(c2cccc3c2n(C)c(=O)n3C2CCC(=O)NC2=O)CC1. The van der Waals surface area contributed by atoms with Crippen LogP contribution in [0, 0.1) is 5.92 Å². The Morgan fingerprint density at radius 1 is 1.15 bits per heavy atom. The monoisotopic (exact) mass is 469 g/mol. The molecule has 2 saturated heterocycles. The summed E-state index contributed by atoms with van der Waals surface area (Å²) in [6, 6.07) is 5.87. The van der Waals surface area contributed by atoms with Crippen molar-refractivity contribution in [1.82, 2.24) is 19.4 Å². The number of nitrogens with zero attached hydrogens (tertiary/aromatic N) is 4. The zero-order chi connectivity index (χ0) is 24.4. The zero-order valence-corrected chi connectivity index (χ0v) is 21.0. The molecule has 1 aromatic carbocycles. The highest BCUT2D eigenvalue weighted by Gasteiger charge is 2.32. The van der Waals surface area contributed by atoms with Gasteiger partial charge in [-0.2, -0.15) is 0 Å². The lowest BCUT2D eigenvalue weighted by atomic mass is 9.99. The second kappa shape index (κ2) is 10.3. The van der Waals surface area contributed by atoms with Crippen LogP contribution in [0.1, 0.15) is 64.8 Å². The van der Waals surface area contributed by atoms with Gasteiger partial charge in [-0.15, -0.1) is 0 Å². The molecule has 8 nitrogen and oxygen atoms in total. The fourth-order valence-electron chi connectivity index (χ4n) is 5.73. The molecule has 4 rings (SSSR count). The molecule has 2 aliphatic rings. The van der Waals surface area contributed by atoms with Crippen LogP contribution in [0.5, 0.6) is 0 Å². The molecular formula is C26H39N5O3. The van der Waals surface area contributed by atoms with Gasteiger partial charge in [0.15, 0.2) is 0 Å². The third-order valence-corrected chi connectivity index (χ3v) is 7.68. The zero-order valence-electron chi connectivity index (χ0n) is 21.0. The van der Waals surface area contributed by atoms with Crippen molar-refractivity contribution in [3.63, 3.8) is 0 Å². The third kappa shape index (κ3) is 4.78. The van der Waals surface area contributed by atoms with E-state index in [1.807, 2.05) is 12.1 Å². The number of aromatic nitrogens is 2. The first-order chi connectivity index (χ1) is 16.3. The number of aryl methyl sites for hydroxylation is 1. The lowest BCUT2D eigenvalue weighted by molar-refractivity contribution is -0.135. The number of nitrogens with one attached hydrogen (secondary N) is 1. The number of carbonyl (C=O) groups is 2. The van der Waals surface area contributed by atoms with E-state index in [1.54, 1.807) is 16.2 Å². The molecule has 0 bridgehead atoms. The van der Waals surface area contributed by atoms with Crippen molar-refractivity contribution >= 4 is 28.5 Å². The highest BCUT2D eigenvalue weighted by Crippen LogP contribution is 2.31. The molecule has 34 heavy (non-hydrogen) atoms. The molecule has 0 aliphatic carbocycles. The minimum atomic E-state index is -0.654. The number of imidazole rings is 1. The van der Waals surface area contributed by atoms with Crippen molar-refractivity contribution in [1.29, 1.82) is 0 Å². The maximum absolute atomic E-state index is 13.2. The summed E-state index contributed by atoms with van der Waals surface area (Å²) in [4.78, 5) is 42.2. The predicted octanol–water partition coefficient (Wildman–Crippen LogP) is 3.04. The summed E-state index contributed by atoms with van der Waals surface area (Å²) in [6.45, 7) is 7.63. The molecule has 2 aromatic rings. The molecule has 0 saturated carbocycles. The van der Waals surface area contributed by atoms with Crippen LogP contribution in [0.25, 0.3) is 11.0 Å². The molecule has 1 N–H and O–H groups in total. The van der Waals surface area contributed by atoms with Crippen LogP contribution in [0.4, 0.5) is 5.69 Å². The largest absolute Gasteiger partial charge is 0.370 e. The van der Waals surface area contributed by atoms with E-state index in [4.69, 9.17) is 0 Å². The van der Waals surface area contributed by atoms with Crippen LogP contribution in [0.2, 0.25) is 0 Å². The number of benzene rings is 1. The van der Waals surface area contributed by atoms with E-state index in [9.17, 15) is 14.4 Å². The third-order valence-electron chi connectivity index (χ3n) is 7.68. The van der Waals surface area contributed by atoms with Crippen molar-refractivity contribution in [2.75, 3.05) is 31.6 Å². The Morgan fingerprint density at radius 2 is 1.88 bits per heavy atom. The Morgan fingerprint density at radius 3 is 2.56 bits per heavy atom. The Bertz CT molecular complexity index is 1100. The number of unbranched alkanes of at least 4 members (excludes halogenated alkanes) is 1. The molecule has 3 heterocycles. The number of fused-ring (bicyclic) bond motifs is 1. The molecule has 1 aromatic heterocycles. The number of imide groups is 1. The van der Waals surface area contributed by atoms with Gasteiger partial charge in [0.05, 0.1) is 16.7 Å². The summed E-state index contributed by atoms with van der Waals surface area (Å²) in [7, 11) is 4.03. The van der Waals surface area contributed by atoms with Gasteiger partial charge in [0.1, 0.15) is 6.04 Å². The standard InChI is InChI=1S/C26H39N5O3/c1-5-6-8-18(2)17-28(3)19-13-15-30(16-14-19)20-9-7-10-21-24(20)29(4)26(34)31(21)22-11-12-23(32)27-25(22)33/h7,9-10,18-19,22H,5-6,8,11-17H2,1-4H3,(H,27,32,33). The molecule has 0 spiro atoms. The number of anilines is 1. The van der Waals surface area contributed by atoms with Gasteiger partial charge in [-0.1, -0.05) is 32.8 Å². The highest BCUT2D eigenvalue weighted by molar-refractivity contribution is 6.00. The van der Waals surface area contributed by atoms with Gasteiger partial charge in [0.25, 0.3) is 0 Å². The summed E-state index contributed by atoms with van der Waals surface area (Å²) in [6.07, 6.45) is 6.63. The molecule has 2 amide bonds. The normalized spacial score (nSPS) is 20.9. The summed E-state index contributed by atoms with van der Waals surface area (Å²) < 4.78 is 3.22. The topological polar surface area (TPSA) is 79.6 Å². The number of rotatable bonds is 8. The van der Waals surface area contributed by atoms with Crippen LogP contribution in [0.3, 0.4) is 0 Å². The maximum atomic E-state index is 13.2. The van der Waals surface area contributed by atoms with Gasteiger partial charge < -0.3 is 9.80 Å². The van der Waals surface area contributed by atoms with E-state index >= 15 is 0 Å². The molecule has 2 unspecified atom stereocenters. The lowest BCUT2D eigenvalue weighted by Crippen LogP contribution is -2.44. The number of amides is 2. The fourth-order valence-corrected chi connectivity index (χ4v) is 5.73. The number of hydrogen-bond acceptors (Lipinski definition) is 5. The first-order valence-electron chi connectivity index (χ1n) is 12.8. The first-order valence-corrected chi connectivity index (χ1v) is 12.8. The molecular weight excluding hydrogens is 430 g/mol. The molecule has 2 fully saturated rings. The van der Waals surface area contributed by atoms with Crippen molar-refractivity contribution in [3.8, 4) is 0 Å². The second-order valence-corrected chi connectivity index (χ2v) is 10.2. The Hall–Kier alpha value is -2.61. The van der Waals surface area contributed by atoms with E-state index in [2.05, 4.69) is 42.1 Å². The molecule has 8 heteroatoms. The number of carbonyl (C=O) groups excluding carboxylic acids is 2. The van der Waals surface area contributed by atoms with Crippen LogP contribution < -0.4 is 15.9 Å².